The summed E-state index contributed by atoms with van der Waals surface area (Å²) in [7, 11) is 0. The third-order valence-corrected chi connectivity index (χ3v) is 13.2. The highest BCUT2D eigenvalue weighted by Crippen LogP contribution is 2.22. The molecule has 63 heavy (non-hydrogen) atoms. The molecule has 0 heterocycles. The lowest BCUT2D eigenvalue weighted by Gasteiger charge is -2.25. The lowest BCUT2D eigenvalue weighted by molar-refractivity contribution is -0.161. The van der Waals surface area contributed by atoms with Gasteiger partial charge in [-0.2, -0.15) is 12.6 Å². The number of unbranched alkanes of at least 4 members (excludes halogenated alkanes) is 35. The van der Waals surface area contributed by atoms with Gasteiger partial charge in [0.1, 0.15) is 18.8 Å². The summed E-state index contributed by atoms with van der Waals surface area (Å²) in [6.45, 7) is 6.66. The number of hydrogen-bond donors (Lipinski definition) is 3. The second-order valence-corrected chi connectivity index (χ2v) is 19.3. The molecule has 0 saturated heterocycles. The minimum absolute atomic E-state index is 0.0270. The van der Waals surface area contributed by atoms with E-state index in [1.165, 1.54) is 186 Å². The number of carboxylic acid groups (broad SMARTS) is 1. The van der Waals surface area contributed by atoms with E-state index >= 15 is 0 Å². The van der Waals surface area contributed by atoms with Crippen molar-refractivity contribution in [2.75, 3.05) is 12.4 Å². The van der Waals surface area contributed by atoms with Gasteiger partial charge in [0.2, 0.25) is 5.91 Å². The van der Waals surface area contributed by atoms with Crippen LogP contribution in [0.1, 0.15) is 290 Å². The van der Waals surface area contributed by atoms with Gasteiger partial charge in [-0.1, -0.05) is 252 Å². The van der Waals surface area contributed by atoms with Crippen LogP contribution >= 0.6 is 12.6 Å². The lowest BCUT2D eigenvalue weighted by atomic mass is 9.93. The van der Waals surface area contributed by atoms with E-state index in [9.17, 15) is 24.3 Å². The molecule has 3 atom stereocenters. The maximum Gasteiger partial charge on any atom is 0.327 e. The summed E-state index contributed by atoms with van der Waals surface area (Å²) in [5.74, 6) is -2.76. The minimum Gasteiger partial charge on any atom is -0.480 e. The summed E-state index contributed by atoms with van der Waals surface area (Å²) in [5.41, 5.74) is 0. The molecule has 0 radical (unpaired) electrons. The number of aliphatic carboxylic acids is 1. The molecule has 2 N–H and O–H groups in total. The molecule has 8 nitrogen and oxygen atoms in total. The standard InChI is InChI=1S/C54H103NO7S/c1-4-7-10-13-16-19-22-25-28-31-34-37-40-43-51(56)61-46-49(62-52(57)44-41-38-35-32-29-26-23-20-17-14-11-8-5-2)45-48(53(58)55-50(47-63)54(59)60)42-39-36-33-30-27-24-21-18-15-12-9-6-3/h48-50,63H,4-47H2,1-3H3,(H,55,58)(H,59,60)/t48-,49+,50-/m0/s1. The number of carboxylic acids is 1. The van der Waals surface area contributed by atoms with E-state index < -0.39 is 24.0 Å². The molecule has 0 bridgehead atoms. The van der Waals surface area contributed by atoms with E-state index in [-0.39, 0.29) is 43.0 Å². The first-order chi connectivity index (χ1) is 30.8. The number of thiol groups is 1. The maximum atomic E-state index is 13.6. The van der Waals surface area contributed by atoms with Crippen LogP contribution in [0, 0.1) is 5.92 Å². The van der Waals surface area contributed by atoms with Crippen molar-refractivity contribution in [3.63, 3.8) is 0 Å². The predicted octanol–water partition coefficient (Wildman–Crippen LogP) is 16.0. The van der Waals surface area contributed by atoms with Crippen molar-refractivity contribution in [2.24, 2.45) is 5.92 Å². The molecule has 0 aliphatic carbocycles. The first kappa shape index (κ1) is 61.2. The quantitative estimate of drug-likeness (QED) is 0.0316. The van der Waals surface area contributed by atoms with Crippen molar-refractivity contribution in [1.82, 2.24) is 5.32 Å². The van der Waals surface area contributed by atoms with Crippen molar-refractivity contribution in [1.29, 1.82) is 0 Å². The van der Waals surface area contributed by atoms with Crippen LogP contribution in [-0.4, -0.2) is 53.4 Å². The molecule has 372 valence electrons. The van der Waals surface area contributed by atoms with Gasteiger partial charge in [0, 0.05) is 24.5 Å². The second kappa shape index (κ2) is 48.2. The molecule has 0 aromatic carbocycles. The van der Waals surface area contributed by atoms with Crippen LogP contribution in [0.5, 0.6) is 0 Å². The summed E-state index contributed by atoms with van der Waals surface area (Å²) in [5, 5.41) is 12.3. The first-order valence-electron chi connectivity index (χ1n) is 27.3. The van der Waals surface area contributed by atoms with Crippen molar-refractivity contribution in [3.8, 4) is 0 Å². The van der Waals surface area contributed by atoms with Gasteiger partial charge in [0.05, 0.1) is 0 Å². The molecule has 0 unspecified atom stereocenters. The molecule has 1 amide bonds. The largest absolute Gasteiger partial charge is 0.480 e. The highest BCUT2D eigenvalue weighted by molar-refractivity contribution is 7.80. The summed E-state index contributed by atoms with van der Waals surface area (Å²) in [4.78, 5) is 51.5. The van der Waals surface area contributed by atoms with Gasteiger partial charge in [0.25, 0.3) is 0 Å². The fraction of sp³-hybridized carbons (Fsp3) is 0.926. The summed E-state index contributed by atoms with van der Waals surface area (Å²) < 4.78 is 11.7. The third-order valence-electron chi connectivity index (χ3n) is 12.8. The molecular weight excluding hydrogens is 807 g/mol. The van der Waals surface area contributed by atoms with Gasteiger partial charge in [-0.15, -0.1) is 0 Å². The smallest absolute Gasteiger partial charge is 0.327 e. The zero-order valence-corrected chi connectivity index (χ0v) is 42.6. The number of amides is 1. The SMILES string of the molecule is CCCCCCCCCCCCCCCC(=O)OC[C@@H](C[C@H](CCCCCCCCCCCCCC)C(=O)N[C@@H](CS)C(=O)O)OC(=O)CCCCCCCCCCCCCCC. The molecule has 0 fully saturated rings. The number of ether oxygens (including phenoxy) is 2. The van der Waals surface area contributed by atoms with Gasteiger partial charge in [-0.05, 0) is 25.7 Å². The fourth-order valence-corrected chi connectivity index (χ4v) is 8.85. The average Bonchev–Trinajstić information content (AvgIpc) is 3.27. The Morgan fingerprint density at radius 3 is 1.11 bits per heavy atom. The topological polar surface area (TPSA) is 119 Å². The van der Waals surface area contributed by atoms with Crippen LogP contribution in [0.25, 0.3) is 0 Å². The summed E-state index contributed by atoms with van der Waals surface area (Å²) in [6, 6.07) is -1.11. The van der Waals surface area contributed by atoms with Crippen LogP contribution in [0.3, 0.4) is 0 Å². The number of nitrogens with one attached hydrogen (secondary N) is 1. The first-order valence-corrected chi connectivity index (χ1v) is 27.9. The Morgan fingerprint density at radius 1 is 0.460 bits per heavy atom. The molecule has 0 spiro atoms. The Morgan fingerprint density at radius 2 is 0.778 bits per heavy atom. The Hall–Kier alpha value is -1.77. The van der Waals surface area contributed by atoms with E-state index in [0.717, 1.165) is 57.8 Å². The van der Waals surface area contributed by atoms with Gasteiger partial charge in [0.15, 0.2) is 0 Å². The number of rotatable bonds is 50. The van der Waals surface area contributed by atoms with Crippen LogP contribution in [0.2, 0.25) is 0 Å². The van der Waals surface area contributed by atoms with Gasteiger partial charge >= 0.3 is 17.9 Å². The Balaban J connectivity index is 5.10. The summed E-state index contributed by atoms with van der Waals surface area (Å²) in [6.07, 6.45) is 46.9. The summed E-state index contributed by atoms with van der Waals surface area (Å²) >= 11 is 4.16. The number of carbonyl (C=O) groups excluding carboxylic acids is 3. The number of hydrogen-bond acceptors (Lipinski definition) is 7. The highest BCUT2D eigenvalue weighted by atomic mass is 32.1. The van der Waals surface area contributed by atoms with Crippen LogP contribution in [0.4, 0.5) is 0 Å². The van der Waals surface area contributed by atoms with Crippen LogP contribution in [0.15, 0.2) is 0 Å². The Kier molecular flexibility index (Phi) is 46.8. The lowest BCUT2D eigenvalue weighted by Crippen LogP contribution is -2.45. The van der Waals surface area contributed by atoms with Gasteiger partial charge in [-0.25, -0.2) is 4.79 Å². The molecule has 0 rings (SSSR count). The number of esters is 2. The highest BCUT2D eigenvalue weighted by Gasteiger charge is 2.29. The number of carbonyl (C=O) groups is 4. The van der Waals surface area contributed by atoms with Crippen molar-refractivity contribution >= 4 is 36.4 Å². The second-order valence-electron chi connectivity index (χ2n) is 19.0. The molecule has 0 saturated carbocycles. The van der Waals surface area contributed by atoms with E-state index in [1.54, 1.807) is 0 Å². The van der Waals surface area contributed by atoms with Crippen molar-refractivity contribution in [3.05, 3.63) is 0 Å². The van der Waals surface area contributed by atoms with E-state index in [1.807, 2.05) is 0 Å². The minimum atomic E-state index is -1.13. The molecule has 0 aliphatic rings. The maximum absolute atomic E-state index is 13.6. The molecular formula is C54H103NO7S. The van der Waals surface area contributed by atoms with Crippen molar-refractivity contribution in [2.45, 2.75) is 303 Å². The van der Waals surface area contributed by atoms with Gasteiger partial charge in [-0.3, -0.25) is 14.4 Å². The van der Waals surface area contributed by atoms with E-state index in [2.05, 4.69) is 38.7 Å². The van der Waals surface area contributed by atoms with Crippen LogP contribution in [-0.2, 0) is 28.7 Å². The molecule has 0 aromatic rings. The zero-order valence-electron chi connectivity index (χ0n) is 41.7. The molecule has 0 aromatic heterocycles. The molecule has 0 aliphatic heterocycles. The average molecular weight is 910 g/mol. The van der Waals surface area contributed by atoms with Gasteiger partial charge < -0.3 is 19.9 Å². The van der Waals surface area contributed by atoms with E-state index in [4.69, 9.17) is 9.47 Å². The fourth-order valence-electron chi connectivity index (χ4n) is 8.61. The van der Waals surface area contributed by atoms with Crippen LogP contribution < -0.4 is 5.32 Å². The normalized spacial score (nSPS) is 12.8. The predicted molar refractivity (Wildman–Crippen MR) is 269 cm³/mol. The zero-order chi connectivity index (χ0) is 46.3. The monoisotopic (exact) mass is 910 g/mol. The van der Waals surface area contributed by atoms with E-state index in [0.29, 0.717) is 12.8 Å². The Bertz CT molecular complexity index is 1040. The third kappa shape index (κ3) is 42.6. The Labute approximate surface area is 394 Å². The van der Waals surface area contributed by atoms with Crippen molar-refractivity contribution < 1.29 is 33.8 Å². The molecule has 9 heteroatoms.